The Morgan fingerprint density at radius 2 is 2.06 bits per heavy atom. The number of ketones is 1. The van der Waals surface area contributed by atoms with Gasteiger partial charge in [0.05, 0.1) is 11.1 Å². The van der Waals surface area contributed by atoms with Crippen molar-refractivity contribution < 1.29 is 4.79 Å². The molecule has 90 valence electrons. The van der Waals surface area contributed by atoms with E-state index in [9.17, 15) is 4.79 Å². The van der Waals surface area contributed by atoms with Gasteiger partial charge in [-0.2, -0.15) is 0 Å². The topological polar surface area (TPSA) is 37.6 Å². The number of carbonyl (C=O) groups is 1. The van der Waals surface area contributed by atoms with Gasteiger partial charge < -0.3 is 4.90 Å². The van der Waals surface area contributed by atoms with Gasteiger partial charge in [-0.05, 0) is 32.9 Å². The Kier molecular flexibility index (Phi) is 3.13. The van der Waals surface area contributed by atoms with Crippen LogP contribution in [0.4, 0.5) is 5.82 Å². The Labute approximate surface area is 101 Å². The SMILES string of the molecule is CCN(CC)c1nn2ccccc2c1C(C)=O. The van der Waals surface area contributed by atoms with E-state index in [-0.39, 0.29) is 5.78 Å². The summed E-state index contributed by atoms with van der Waals surface area (Å²) in [6.45, 7) is 7.42. The van der Waals surface area contributed by atoms with Crippen molar-refractivity contribution in [2.45, 2.75) is 20.8 Å². The maximum absolute atomic E-state index is 11.8. The number of pyridine rings is 1. The van der Waals surface area contributed by atoms with Crippen molar-refractivity contribution in [1.29, 1.82) is 0 Å². The van der Waals surface area contributed by atoms with Crippen LogP contribution in [-0.4, -0.2) is 28.5 Å². The van der Waals surface area contributed by atoms with E-state index in [1.165, 1.54) is 0 Å². The molecule has 17 heavy (non-hydrogen) atoms. The Bertz CT molecular complexity index is 541. The molecule has 0 fully saturated rings. The van der Waals surface area contributed by atoms with Crippen LogP contribution >= 0.6 is 0 Å². The number of Topliss-reactive ketones (excluding diaryl/α,β-unsaturated/α-hetero) is 1. The summed E-state index contributed by atoms with van der Waals surface area (Å²) in [5.74, 6) is 0.849. The van der Waals surface area contributed by atoms with Crippen LogP contribution in [0.3, 0.4) is 0 Å². The van der Waals surface area contributed by atoms with Crippen LogP contribution in [0.5, 0.6) is 0 Å². The zero-order chi connectivity index (χ0) is 12.4. The highest BCUT2D eigenvalue weighted by Crippen LogP contribution is 2.24. The molecule has 0 spiro atoms. The molecule has 0 aliphatic heterocycles. The molecule has 2 rings (SSSR count). The van der Waals surface area contributed by atoms with Gasteiger partial charge in [-0.3, -0.25) is 4.79 Å². The van der Waals surface area contributed by atoms with Crippen LogP contribution < -0.4 is 4.90 Å². The first-order valence-corrected chi connectivity index (χ1v) is 5.92. The number of aromatic nitrogens is 2. The van der Waals surface area contributed by atoms with E-state index in [4.69, 9.17) is 0 Å². The van der Waals surface area contributed by atoms with Crippen LogP contribution in [0, 0.1) is 0 Å². The molecule has 0 aliphatic rings. The second-order valence-electron chi connectivity index (χ2n) is 3.96. The highest BCUT2D eigenvalue weighted by molar-refractivity contribution is 6.05. The van der Waals surface area contributed by atoms with Gasteiger partial charge in [0.15, 0.2) is 11.6 Å². The first kappa shape index (κ1) is 11.6. The van der Waals surface area contributed by atoms with Crippen molar-refractivity contribution in [3.63, 3.8) is 0 Å². The lowest BCUT2D eigenvalue weighted by molar-refractivity contribution is 0.101. The van der Waals surface area contributed by atoms with E-state index in [0.717, 1.165) is 24.4 Å². The highest BCUT2D eigenvalue weighted by atomic mass is 16.1. The predicted molar refractivity (Wildman–Crippen MR) is 68.8 cm³/mol. The van der Waals surface area contributed by atoms with Gasteiger partial charge >= 0.3 is 0 Å². The number of hydrogen-bond donors (Lipinski definition) is 0. The number of anilines is 1. The molecule has 0 saturated carbocycles. The van der Waals surface area contributed by atoms with Gasteiger partial charge in [0.2, 0.25) is 0 Å². The largest absolute Gasteiger partial charge is 0.355 e. The maximum Gasteiger partial charge on any atom is 0.165 e. The van der Waals surface area contributed by atoms with Crippen molar-refractivity contribution in [1.82, 2.24) is 9.61 Å². The third-order valence-corrected chi connectivity index (χ3v) is 2.94. The quantitative estimate of drug-likeness (QED) is 0.758. The van der Waals surface area contributed by atoms with Crippen molar-refractivity contribution in [2.24, 2.45) is 0 Å². The number of carbonyl (C=O) groups excluding carboxylic acids is 1. The Balaban J connectivity index is 2.69. The Hall–Kier alpha value is -1.84. The Morgan fingerprint density at radius 3 is 2.65 bits per heavy atom. The number of hydrogen-bond acceptors (Lipinski definition) is 3. The minimum absolute atomic E-state index is 0.0631. The average molecular weight is 231 g/mol. The van der Waals surface area contributed by atoms with Gasteiger partial charge in [0.1, 0.15) is 0 Å². The molecule has 0 amide bonds. The summed E-state index contributed by atoms with van der Waals surface area (Å²) in [5.41, 5.74) is 1.59. The monoisotopic (exact) mass is 231 g/mol. The number of rotatable bonds is 4. The second-order valence-corrected chi connectivity index (χ2v) is 3.96. The van der Waals surface area contributed by atoms with E-state index < -0.39 is 0 Å². The smallest absolute Gasteiger partial charge is 0.165 e. The van der Waals surface area contributed by atoms with E-state index in [1.807, 2.05) is 24.4 Å². The predicted octanol–water partition coefficient (Wildman–Crippen LogP) is 2.38. The highest BCUT2D eigenvalue weighted by Gasteiger charge is 2.19. The van der Waals surface area contributed by atoms with E-state index in [0.29, 0.717) is 5.56 Å². The van der Waals surface area contributed by atoms with Crippen LogP contribution in [-0.2, 0) is 0 Å². The molecule has 4 nitrogen and oxygen atoms in total. The molecule has 0 saturated heterocycles. The fourth-order valence-corrected chi connectivity index (χ4v) is 2.07. The molecule has 0 N–H and O–H groups in total. The van der Waals surface area contributed by atoms with Gasteiger partial charge in [-0.1, -0.05) is 6.07 Å². The van der Waals surface area contributed by atoms with Crippen molar-refractivity contribution in [3.8, 4) is 0 Å². The third kappa shape index (κ3) is 1.90. The van der Waals surface area contributed by atoms with E-state index in [2.05, 4.69) is 23.8 Å². The first-order valence-electron chi connectivity index (χ1n) is 5.92. The molecule has 0 unspecified atom stereocenters. The summed E-state index contributed by atoms with van der Waals surface area (Å²) in [6.07, 6.45) is 1.87. The van der Waals surface area contributed by atoms with Crippen LogP contribution in [0.1, 0.15) is 31.1 Å². The molecule has 2 aromatic heterocycles. The van der Waals surface area contributed by atoms with E-state index >= 15 is 0 Å². The lowest BCUT2D eigenvalue weighted by Gasteiger charge is -2.18. The van der Waals surface area contributed by atoms with E-state index in [1.54, 1.807) is 11.4 Å². The lowest BCUT2D eigenvalue weighted by atomic mass is 10.1. The summed E-state index contributed by atoms with van der Waals surface area (Å²) >= 11 is 0. The zero-order valence-electron chi connectivity index (χ0n) is 10.5. The summed E-state index contributed by atoms with van der Waals surface area (Å²) in [6, 6.07) is 5.77. The second kappa shape index (κ2) is 4.57. The lowest BCUT2D eigenvalue weighted by Crippen LogP contribution is -2.24. The van der Waals surface area contributed by atoms with Gasteiger partial charge in [0, 0.05) is 19.3 Å². The maximum atomic E-state index is 11.8. The summed E-state index contributed by atoms with van der Waals surface area (Å²) in [4.78, 5) is 13.9. The van der Waals surface area contributed by atoms with Crippen molar-refractivity contribution in [3.05, 3.63) is 30.0 Å². The zero-order valence-corrected chi connectivity index (χ0v) is 10.5. The molecule has 2 aromatic rings. The molecule has 2 heterocycles. The third-order valence-electron chi connectivity index (χ3n) is 2.94. The minimum Gasteiger partial charge on any atom is -0.355 e. The molecular weight excluding hydrogens is 214 g/mol. The molecule has 0 atom stereocenters. The van der Waals surface area contributed by atoms with Crippen molar-refractivity contribution in [2.75, 3.05) is 18.0 Å². The normalized spacial score (nSPS) is 10.8. The minimum atomic E-state index is 0.0631. The number of fused-ring (bicyclic) bond motifs is 1. The molecule has 0 bridgehead atoms. The molecule has 0 aromatic carbocycles. The van der Waals surface area contributed by atoms with Crippen LogP contribution in [0.2, 0.25) is 0 Å². The summed E-state index contributed by atoms with van der Waals surface area (Å²) in [5, 5.41) is 4.50. The average Bonchev–Trinajstić information content (AvgIpc) is 2.69. The fraction of sp³-hybridized carbons (Fsp3) is 0.385. The number of nitrogens with zero attached hydrogens (tertiary/aromatic N) is 3. The fourth-order valence-electron chi connectivity index (χ4n) is 2.07. The molecular formula is C13H17N3O. The standard InChI is InChI=1S/C13H17N3O/c1-4-15(5-2)13-12(10(3)17)11-8-6-7-9-16(11)14-13/h6-9H,4-5H2,1-3H3. The molecule has 4 heteroatoms. The van der Waals surface area contributed by atoms with Gasteiger partial charge in [-0.25, -0.2) is 4.52 Å². The Morgan fingerprint density at radius 1 is 1.35 bits per heavy atom. The van der Waals surface area contributed by atoms with Gasteiger partial charge in [-0.15, -0.1) is 5.10 Å². The van der Waals surface area contributed by atoms with Gasteiger partial charge in [0.25, 0.3) is 0 Å². The van der Waals surface area contributed by atoms with Crippen molar-refractivity contribution >= 4 is 17.1 Å². The summed E-state index contributed by atoms with van der Waals surface area (Å²) < 4.78 is 1.77. The first-order chi connectivity index (χ1) is 8.19. The molecule has 0 radical (unpaired) electrons. The summed E-state index contributed by atoms with van der Waals surface area (Å²) in [7, 11) is 0. The van der Waals surface area contributed by atoms with Crippen LogP contribution in [0.15, 0.2) is 24.4 Å². The molecule has 0 aliphatic carbocycles. The van der Waals surface area contributed by atoms with Crippen LogP contribution in [0.25, 0.3) is 5.52 Å².